The quantitative estimate of drug-likeness (QED) is 0.607. The molecule has 8 heteroatoms. The summed E-state index contributed by atoms with van der Waals surface area (Å²) in [5.74, 6) is 0.0797. The Morgan fingerprint density at radius 2 is 1.82 bits per heavy atom. The van der Waals surface area contributed by atoms with Crippen molar-refractivity contribution in [1.29, 1.82) is 0 Å². The first-order valence-electron chi connectivity index (χ1n) is 11.9. The molecule has 2 aliphatic heterocycles. The molecule has 0 saturated carbocycles. The van der Waals surface area contributed by atoms with Gasteiger partial charge in [-0.15, -0.1) is 0 Å². The van der Waals surface area contributed by atoms with E-state index in [-0.39, 0.29) is 29.6 Å². The minimum atomic E-state index is -3.67. The molecule has 0 radical (unpaired) electrons. The van der Waals surface area contributed by atoms with Gasteiger partial charge in [0.1, 0.15) is 0 Å². The van der Waals surface area contributed by atoms with Crippen LogP contribution >= 0.6 is 0 Å². The Morgan fingerprint density at radius 1 is 1.06 bits per heavy atom. The highest BCUT2D eigenvalue weighted by atomic mass is 32.2. The summed E-state index contributed by atoms with van der Waals surface area (Å²) in [4.78, 5) is 6.40. The monoisotopic (exact) mass is 480 g/mol. The summed E-state index contributed by atoms with van der Waals surface area (Å²) < 4.78 is 29.9. The molecule has 0 spiro atoms. The summed E-state index contributed by atoms with van der Waals surface area (Å²) in [6.45, 7) is 3.93. The number of aromatic nitrogens is 2. The Morgan fingerprint density at radius 3 is 2.50 bits per heavy atom. The molecular formula is C26H32N4O3S. The molecule has 3 heterocycles. The second-order valence-electron chi connectivity index (χ2n) is 9.52. The molecule has 1 N–H and O–H groups in total. The maximum atomic E-state index is 13.3. The number of rotatable bonds is 5. The van der Waals surface area contributed by atoms with Crippen molar-refractivity contribution in [3.05, 3.63) is 72.2 Å². The van der Waals surface area contributed by atoms with Crippen LogP contribution in [0.3, 0.4) is 0 Å². The van der Waals surface area contributed by atoms with Crippen molar-refractivity contribution in [1.82, 2.24) is 18.8 Å². The highest BCUT2D eigenvalue weighted by molar-refractivity contribution is 7.89. The third kappa shape index (κ3) is 4.20. The Balaban J connectivity index is 1.42. The van der Waals surface area contributed by atoms with Crippen LogP contribution in [-0.2, 0) is 17.1 Å². The number of imidazole rings is 1. The van der Waals surface area contributed by atoms with Gasteiger partial charge in [0.25, 0.3) is 10.0 Å². The van der Waals surface area contributed by atoms with Crippen LogP contribution in [0.5, 0.6) is 0 Å². The SMILES string of the molecule is Cc1cccc(-c2ccc([C@@H]3[C@@H](CO)N4CCCCN(S(=O)(=O)c5cn(C)cn5)C[C@@H]34)cc2)c1. The Bertz CT molecular complexity index is 1260. The van der Waals surface area contributed by atoms with Crippen LogP contribution in [0.25, 0.3) is 11.1 Å². The lowest BCUT2D eigenvalue weighted by Crippen LogP contribution is -2.67. The summed E-state index contributed by atoms with van der Waals surface area (Å²) >= 11 is 0. The van der Waals surface area contributed by atoms with E-state index in [9.17, 15) is 13.5 Å². The van der Waals surface area contributed by atoms with Gasteiger partial charge in [0.2, 0.25) is 0 Å². The minimum Gasteiger partial charge on any atom is -0.395 e. The lowest BCUT2D eigenvalue weighted by Gasteiger charge is -2.57. The number of sulfonamides is 1. The largest absolute Gasteiger partial charge is 0.395 e. The van der Waals surface area contributed by atoms with Gasteiger partial charge in [0, 0.05) is 44.3 Å². The second-order valence-corrected chi connectivity index (χ2v) is 11.4. The molecule has 2 aromatic carbocycles. The van der Waals surface area contributed by atoms with Crippen LogP contribution in [0.15, 0.2) is 66.1 Å². The first-order chi connectivity index (χ1) is 16.4. The first-order valence-corrected chi connectivity index (χ1v) is 13.3. The number of hydrogen-bond donors (Lipinski definition) is 1. The zero-order chi connectivity index (χ0) is 23.9. The summed E-state index contributed by atoms with van der Waals surface area (Å²) in [6.07, 6.45) is 4.78. The lowest BCUT2D eigenvalue weighted by molar-refractivity contribution is -0.0554. The molecule has 2 fully saturated rings. The first kappa shape index (κ1) is 23.2. The molecule has 5 rings (SSSR count). The molecular weight excluding hydrogens is 448 g/mol. The van der Waals surface area contributed by atoms with Gasteiger partial charge in [0.05, 0.1) is 12.9 Å². The molecule has 2 aliphatic rings. The Hall–Kier alpha value is -2.52. The molecule has 2 saturated heterocycles. The van der Waals surface area contributed by atoms with Crippen LogP contribution in [0, 0.1) is 6.92 Å². The molecule has 7 nitrogen and oxygen atoms in total. The summed E-state index contributed by atoms with van der Waals surface area (Å²) in [6, 6.07) is 17.0. The molecule has 1 aromatic heterocycles. The van der Waals surface area contributed by atoms with Gasteiger partial charge in [-0.25, -0.2) is 13.4 Å². The van der Waals surface area contributed by atoms with Crippen molar-refractivity contribution >= 4 is 10.0 Å². The number of nitrogens with zero attached hydrogens (tertiary/aromatic N) is 4. The van der Waals surface area contributed by atoms with Crippen LogP contribution in [-0.4, -0.2) is 70.6 Å². The third-order valence-electron chi connectivity index (χ3n) is 7.27. The number of aryl methyl sites for hydroxylation is 2. The number of hydrogen-bond acceptors (Lipinski definition) is 5. The zero-order valence-electron chi connectivity index (χ0n) is 19.7. The van der Waals surface area contributed by atoms with Gasteiger partial charge in [-0.3, -0.25) is 4.90 Å². The van der Waals surface area contributed by atoms with E-state index < -0.39 is 10.0 Å². The highest BCUT2D eigenvalue weighted by Gasteiger charge is 2.50. The molecule has 34 heavy (non-hydrogen) atoms. The fourth-order valence-electron chi connectivity index (χ4n) is 5.50. The van der Waals surface area contributed by atoms with Crippen molar-refractivity contribution in [2.75, 3.05) is 26.2 Å². The Kier molecular flexibility index (Phi) is 6.33. The van der Waals surface area contributed by atoms with Gasteiger partial charge in [-0.1, -0.05) is 54.1 Å². The molecule has 180 valence electrons. The average Bonchev–Trinajstić information content (AvgIpc) is 3.25. The van der Waals surface area contributed by atoms with E-state index in [4.69, 9.17) is 0 Å². The standard InChI is InChI=1S/C26H32N4O3S/c1-19-6-5-7-22(14-19)20-8-10-21(11-9-20)26-23-15-29(12-3-4-13-30(23)24(26)17-31)34(32,33)25-16-28(2)18-27-25/h5-11,14,16,18,23-24,26,31H,3-4,12-13,15,17H2,1-2H3/t23-,24+,26-/m0/s1. The second kappa shape index (κ2) is 9.26. The molecule has 0 amide bonds. The van der Waals surface area contributed by atoms with E-state index in [0.29, 0.717) is 13.1 Å². The van der Waals surface area contributed by atoms with Crippen molar-refractivity contribution in [3.8, 4) is 11.1 Å². The maximum Gasteiger partial charge on any atom is 0.262 e. The average molecular weight is 481 g/mol. The highest BCUT2D eigenvalue weighted by Crippen LogP contribution is 2.43. The Labute approximate surface area is 201 Å². The molecule has 0 unspecified atom stereocenters. The van der Waals surface area contributed by atoms with Crippen molar-refractivity contribution in [2.45, 2.75) is 42.8 Å². The van der Waals surface area contributed by atoms with E-state index in [0.717, 1.165) is 30.5 Å². The van der Waals surface area contributed by atoms with Crippen LogP contribution in [0.2, 0.25) is 0 Å². The fourth-order valence-corrected chi connectivity index (χ4v) is 6.97. The number of fused-ring (bicyclic) bond motifs is 1. The van der Waals surface area contributed by atoms with Gasteiger partial charge in [-0.2, -0.15) is 4.31 Å². The molecule has 3 atom stereocenters. The minimum absolute atomic E-state index is 0.00678. The summed E-state index contributed by atoms with van der Waals surface area (Å²) in [7, 11) is -1.89. The lowest BCUT2D eigenvalue weighted by atomic mass is 9.74. The smallest absolute Gasteiger partial charge is 0.262 e. The van der Waals surface area contributed by atoms with Crippen LogP contribution in [0.1, 0.15) is 29.9 Å². The van der Waals surface area contributed by atoms with E-state index in [2.05, 4.69) is 65.3 Å². The number of benzene rings is 2. The van der Waals surface area contributed by atoms with Gasteiger partial charge in [-0.05, 0) is 43.0 Å². The summed E-state index contributed by atoms with van der Waals surface area (Å²) in [5.41, 5.74) is 4.70. The van der Waals surface area contributed by atoms with E-state index in [1.807, 2.05) is 0 Å². The predicted octanol–water partition coefficient (Wildman–Crippen LogP) is 3.01. The topological polar surface area (TPSA) is 78.7 Å². The van der Waals surface area contributed by atoms with Gasteiger partial charge in [0.15, 0.2) is 5.03 Å². The number of aliphatic hydroxyl groups is 1. The van der Waals surface area contributed by atoms with Crippen molar-refractivity contribution in [3.63, 3.8) is 0 Å². The predicted molar refractivity (Wildman–Crippen MR) is 132 cm³/mol. The zero-order valence-corrected chi connectivity index (χ0v) is 20.5. The van der Waals surface area contributed by atoms with Crippen molar-refractivity contribution < 1.29 is 13.5 Å². The van der Waals surface area contributed by atoms with E-state index >= 15 is 0 Å². The normalized spacial score (nSPS) is 24.1. The fraction of sp³-hybridized carbons (Fsp3) is 0.423. The van der Waals surface area contributed by atoms with E-state index in [1.54, 1.807) is 22.1 Å². The van der Waals surface area contributed by atoms with Gasteiger partial charge >= 0.3 is 0 Å². The van der Waals surface area contributed by atoms with E-state index in [1.165, 1.54) is 17.5 Å². The van der Waals surface area contributed by atoms with Crippen LogP contribution in [0.4, 0.5) is 0 Å². The number of aliphatic hydroxyl groups excluding tert-OH is 1. The van der Waals surface area contributed by atoms with Crippen molar-refractivity contribution in [2.24, 2.45) is 7.05 Å². The molecule has 0 aliphatic carbocycles. The molecule has 3 aromatic rings. The maximum absolute atomic E-state index is 13.3. The van der Waals surface area contributed by atoms with Gasteiger partial charge < -0.3 is 9.67 Å². The third-order valence-corrected chi connectivity index (χ3v) is 9.02. The summed E-state index contributed by atoms with van der Waals surface area (Å²) in [5, 5.41) is 10.3. The molecule has 0 bridgehead atoms. The van der Waals surface area contributed by atoms with Crippen LogP contribution < -0.4 is 0 Å².